The molecule has 0 bridgehead atoms. The van der Waals surface area contributed by atoms with Crippen molar-refractivity contribution >= 4 is 17.3 Å². The van der Waals surface area contributed by atoms with Gasteiger partial charge in [0.2, 0.25) is 0 Å². The van der Waals surface area contributed by atoms with Gasteiger partial charge in [0, 0.05) is 12.2 Å². The van der Waals surface area contributed by atoms with Crippen LogP contribution in [0.1, 0.15) is 36.8 Å². The zero-order valence-electron chi connectivity index (χ0n) is 15.1. The van der Waals surface area contributed by atoms with Gasteiger partial charge in [-0.1, -0.05) is 24.3 Å². The van der Waals surface area contributed by atoms with Crippen LogP contribution in [0.4, 0.5) is 11.4 Å². The van der Waals surface area contributed by atoms with Crippen molar-refractivity contribution in [2.24, 2.45) is 0 Å². The minimum Gasteiger partial charge on any atom is -0.479 e. The minimum atomic E-state index is -0.433. The molecule has 136 valence electrons. The van der Waals surface area contributed by atoms with E-state index in [1.165, 1.54) is 11.1 Å². The number of carbonyl (C=O) groups is 1. The second kappa shape index (κ2) is 7.00. The van der Waals surface area contributed by atoms with Crippen LogP contribution in [0.15, 0.2) is 42.5 Å². The Morgan fingerprint density at radius 2 is 1.96 bits per heavy atom. The summed E-state index contributed by atoms with van der Waals surface area (Å²) in [5, 5.41) is 2.93. The van der Waals surface area contributed by atoms with E-state index >= 15 is 0 Å². The molecule has 1 atom stereocenters. The van der Waals surface area contributed by atoms with Crippen molar-refractivity contribution in [3.8, 4) is 5.75 Å². The molecule has 26 heavy (non-hydrogen) atoms. The lowest BCUT2D eigenvalue weighted by atomic mass is 9.88. The average Bonchev–Trinajstić information content (AvgIpc) is 2.64. The highest BCUT2D eigenvalue weighted by molar-refractivity contribution is 5.97. The number of rotatable bonds is 3. The Hall–Kier alpha value is -2.53. The van der Waals surface area contributed by atoms with E-state index in [1.54, 1.807) is 6.92 Å². The molecule has 2 aliphatic heterocycles. The molecule has 1 amide bonds. The van der Waals surface area contributed by atoms with Gasteiger partial charge < -0.3 is 15.8 Å². The molecule has 2 aromatic carbocycles. The number of nitrogens with zero attached hydrogens (tertiary/aromatic N) is 1. The van der Waals surface area contributed by atoms with Crippen molar-refractivity contribution in [2.75, 3.05) is 24.1 Å². The number of likely N-dealkylation sites (tertiary alicyclic amines) is 1. The number of ether oxygens (including phenoxy) is 1. The molecular formula is C21H25N3O2. The number of amides is 1. The van der Waals surface area contributed by atoms with Crippen LogP contribution in [0.2, 0.25) is 0 Å². The van der Waals surface area contributed by atoms with Crippen molar-refractivity contribution < 1.29 is 9.53 Å². The van der Waals surface area contributed by atoms with Gasteiger partial charge in [0.1, 0.15) is 5.75 Å². The van der Waals surface area contributed by atoms with Crippen molar-refractivity contribution in [1.29, 1.82) is 0 Å². The summed E-state index contributed by atoms with van der Waals surface area (Å²) in [4.78, 5) is 14.3. The van der Waals surface area contributed by atoms with Gasteiger partial charge >= 0.3 is 0 Å². The summed E-state index contributed by atoms with van der Waals surface area (Å²) in [5.41, 5.74) is 10.3. The van der Waals surface area contributed by atoms with Gasteiger partial charge in [0.25, 0.3) is 5.91 Å². The van der Waals surface area contributed by atoms with E-state index in [1.807, 2.05) is 24.3 Å². The molecule has 0 saturated carbocycles. The van der Waals surface area contributed by atoms with E-state index in [4.69, 9.17) is 10.5 Å². The van der Waals surface area contributed by atoms with E-state index in [2.05, 4.69) is 28.4 Å². The maximum atomic E-state index is 11.8. The van der Waals surface area contributed by atoms with E-state index in [0.29, 0.717) is 5.92 Å². The Balaban J connectivity index is 1.38. The molecule has 1 unspecified atom stereocenters. The Labute approximate surface area is 154 Å². The molecule has 1 fully saturated rings. The third-order valence-electron chi connectivity index (χ3n) is 5.40. The summed E-state index contributed by atoms with van der Waals surface area (Å²) in [5.74, 6) is 1.21. The van der Waals surface area contributed by atoms with Crippen LogP contribution in [-0.4, -0.2) is 30.0 Å². The van der Waals surface area contributed by atoms with E-state index in [0.717, 1.165) is 49.6 Å². The normalized spacial score (nSPS) is 21.0. The molecular weight excluding hydrogens is 326 g/mol. The molecule has 1 saturated heterocycles. The molecule has 0 aromatic heterocycles. The largest absolute Gasteiger partial charge is 0.479 e. The van der Waals surface area contributed by atoms with Crippen LogP contribution in [-0.2, 0) is 11.3 Å². The molecule has 2 aromatic rings. The first-order valence-electron chi connectivity index (χ1n) is 9.27. The molecule has 0 spiro atoms. The summed E-state index contributed by atoms with van der Waals surface area (Å²) in [7, 11) is 0. The maximum absolute atomic E-state index is 11.8. The summed E-state index contributed by atoms with van der Waals surface area (Å²) >= 11 is 0. The Bertz CT molecular complexity index is 813. The SMILES string of the molecule is CC1Oc2ccc(CN3CCC(c4ccccc4N)CC3)cc2NC1=O. The molecule has 2 heterocycles. The van der Waals surface area contributed by atoms with Crippen LogP contribution >= 0.6 is 0 Å². The number of nitrogen functional groups attached to an aromatic ring is 1. The summed E-state index contributed by atoms with van der Waals surface area (Å²) < 4.78 is 5.63. The number of hydrogen-bond acceptors (Lipinski definition) is 4. The fourth-order valence-electron chi connectivity index (χ4n) is 3.90. The van der Waals surface area contributed by atoms with Gasteiger partial charge in [-0.2, -0.15) is 0 Å². The number of nitrogens with two attached hydrogens (primary N) is 1. The van der Waals surface area contributed by atoms with Crippen molar-refractivity contribution in [3.05, 3.63) is 53.6 Å². The van der Waals surface area contributed by atoms with Crippen LogP contribution < -0.4 is 15.8 Å². The molecule has 5 heteroatoms. The summed E-state index contributed by atoms with van der Waals surface area (Å²) in [6.45, 7) is 4.75. The monoisotopic (exact) mass is 351 g/mol. The topological polar surface area (TPSA) is 67.6 Å². The highest BCUT2D eigenvalue weighted by Gasteiger charge is 2.25. The highest BCUT2D eigenvalue weighted by atomic mass is 16.5. The molecule has 4 rings (SSSR count). The molecule has 2 aliphatic rings. The fraction of sp³-hybridized carbons (Fsp3) is 0.381. The lowest BCUT2D eigenvalue weighted by molar-refractivity contribution is -0.122. The van der Waals surface area contributed by atoms with E-state index in [9.17, 15) is 4.79 Å². The minimum absolute atomic E-state index is 0.0871. The van der Waals surface area contributed by atoms with Crippen molar-refractivity contribution in [1.82, 2.24) is 4.90 Å². The van der Waals surface area contributed by atoms with Crippen LogP contribution in [0.5, 0.6) is 5.75 Å². The lowest BCUT2D eigenvalue weighted by Gasteiger charge is -2.33. The zero-order valence-corrected chi connectivity index (χ0v) is 15.1. The van der Waals surface area contributed by atoms with Crippen LogP contribution in [0.25, 0.3) is 0 Å². The number of anilines is 2. The maximum Gasteiger partial charge on any atom is 0.265 e. The van der Waals surface area contributed by atoms with Gasteiger partial charge in [-0.15, -0.1) is 0 Å². The molecule has 0 radical (unpaired) electrons. The first kappa shape index (κ1) is 16.9. The van der Waals surface area contributed by atoms with E-state index in [-0.39, 0.29) is 5.91 Å². The second-order valence-electron chi connectivity index (χ2n) is 7.26. The van der Waals surface area contributed by atoms with Gasteiger partial charge in [-0.25, -0.2) is 0 Å². The molecule has 5 nitrogen and oxygen atoms in total. The number of fused-ring (bicyclic) bond motifs is 1. The third kappa shape index (κ3) is 3.40. The number of hydrogen-bond donors (Lipinski definition) is 2. The second-order valence-corrected chi connectivity index (χ2v) is 7.26. The average molecular weight is 351 g/mol. The fourth-order valence-corrected chi connectivity index (χ4v) is 3.90. The standard InChI is InChI=1S/C21H25N3O2/c1-14-21(25)23-19-12-15(6-7-20(19)26-14)13-24-10-8-16(9-11-24)17-4-2-3-5-18(17)22/h2-7,12,14,16H,8-11,13,22H2,1H3,(H,23,25). The summed E-state index contributed by atoms with van der Waals surface area (Å²) in [6.07, 6.45) is 1.81. The van der Waals surface area contributed by atoms with Gasteiger partial charge in [-0.05, 0) is 68.1 Å². The number of piperidine rings is 1. The van der Waals surface area contributed by atoms with E-state index < -0.39 is 6.10 Å². The Morgan fingerprint density at radius 3 is 2.73 bits per heavy atom. The predicted molar refractivity (Wildman–Crippen MR) is 103 cm³/mol. The number of benzene rings is 2. The van der Waals surface area contributed by atoms with Crippen molar-refractivity contribution in [2.45, 2.75) is 38.3 Å². The first-order valence-corrected chi connectivity index (χ1v) is 9.27. The first-order chi connectivity index (χ1) is 12.6. The zero-order chi connectivity index (χ0) is 18.1. The number of carbonyl (C=O) groups excluding carboxylic acids is 1. The lowest BCUT2D eigenvalue weighted by Crippen LogP contribution is -2.35. The van der Waals surface area contributed by atoms with Gasteiger partial charge in [0.05, 0.1) is 5.69 Å². The Kier molecular flexibility index (Phi) is 4.55. The smallest absolute Gasteiger partial charge is 0.265 e. The third-order valence-corrected chi connectivity index (χ3v) is 5.40. The van der Waals surface area contributed by atoms with Crippen molar-refractivity contribution in [3.63, 3.8) is 0 Å². The molecule has 0 aliphatic carbocycles. The molecule has 3 N–H and O–H groups in total. The van der Waals surface area contributed by atoms with Gasteiger partial charge in [0.15, 0.2) is 6.10 Å². The number of nitrogens with one attached hydrogen (secondary N) is 1. The van der Waals surface area contributed by atoms with Crippen LogP contribution in [0.3, 0.4) is 0 Å². The predicted octanol–water partition coefficient (Wildman–Crippen LogP) is 3.37. The van der Waals surface area contributed by atoms with Gasteiger partial charge in [-0.3, -0.25) is 9.69 Å². The Morgan fingerprint density at radius 1 is 1.19 bits per heavy atom. The van der Waals surface area contributed by atoms with Crippen LogP contribution in [0, 0.1) is 0 Å². The summed E-state index contributed by atoms with van der Waals surface area (Å²) in [6, 6.07) is 14.3. The number of para-hydroxylation sites is 1. The quantitative estimate of drug-likeness (QED) is 0.832. The highest BCUT2D eigenvalue weighted by Crippen LogP contribution is 2.33.